The third-order valence-corrected chi connectivity index (χ3v) is 5.38. The minimum absolute atomic E-state index is 0.181. The highest BCUT2D eigenvalue weighted by Gasteiger charge is 2.14. The van der Waals surface area contributed by atoms with Crippen molar-refractivity contribution in [2.24, 2.45) is 0 Å². The van der Waals surface area contributed by atoms with Crippen molar-refractivity contribution in [2.45, 2.75) is 20.4 Å². The quantitative estimate of drug-likeness (QED) is 0.376. The summed E-state index contributed by atoms with van der Waals surface area (Å²) in [4.78, 5) is 12.3. The minimum Gasteiger partial charge on any atom is -0.493 e. The number of methoxy groups -OCH3 is 1. The van der Waals surface area contributed by atoms with Gasteiger partial charge in [0, 0.05) is 22.4 Å². The summed E-state index contributed by atoms with van der Waals surface area (Å²) in [6.45, 7) is 4.39. The predicted molar refractivity (Wildman–Crippen MR) is 130 cm³/mol. The molecule has 2 N–H and O–H groups in total. The fraction of sp³-hybridized carbons (Fsp3) is 0.208. The van der Waals surface area contributed by atoms with E-state index in [4.69, 9.17) is 21.1 Å². The highest BCUT2D eigenvalue weighted by atomic mass is 79.9. The molecule has 0 spiro atoms. The molecule has 0 aliphatic rings. The van der Waals surface area contributed by atoms with E-state index >= 15 is 0 Å². The molecule has 0 bridgehead atoms. The minimum atomic E-state index is -0.278. The Bertz CT molecular complexity index is 1090. The molecule has 0 atom stereocenters. The van der Waals surface area contributed by atoms with Crippen molar-refractivity contribution >= 4 is 44.8 Å². The van der Waals surface area contributed by atoms with Gasteiger partial charge in [-0.2, -0.15) is 0 Å². The number of nitrogens with one attached hydrogen (secondary N) is 2. The number of hydrogen-bond acceptors (Lipinski definition) is 4. The number of ether oxygens (including phenoxy) is 2. The number of carbonyl (C=O) groups excluding carboxylic acids is 1. The van der Waals surface area contributed by atoms with Crippen LogP contribution in [0.4, 0.5) is 11.4 Å². The third kappa shape index (κ3) is 6.39. The van der Waals surface area contributed by atoms with Gasteiger partial charge in [0.15, 0.2) is 18.1 Å². The van der Waals surface area contributed by atoms with E-state index in [1.165, 1.54) is 0 Å². The van der Waals surface area contributed by atoms with Gasteiger partial charge in [-0.25, -0.2) is 0 Å². The van der Waals surface area contributed by atoms with Crippen molar-refractivity contribution < 1.29 is 14.3 Å². The maximum Gasteiger partial charge on any atom is 0.262 e. The summed E-state index contributed by atoms with van der Waals surface area (Å²) in [7, 11) is 1.54. The molecule has 162 valence electrons. The Hall–Kier alpha value is -2.70. The highest BCUT2D eigenvalue weighted by Crippen LogP contribution is 2.36. The van der Waals surface area contributed by atoms with E-state index < -0.39 is 0 Å². The zero-order chi connectivity index (χ0) is 22.4. The second-order valence-corrected chi connectivity index (χ2v) is 8.45. The second kappa shape index (κ2) is 10.6. The fourth-order valence-electron chi connectivity index (χ4n) is 3.10. The van der Waals surface area contributed by atoms with E-state index in [1.807, 2.05) is 56.3 Å². The molecule has 3 rings (SSSR count). The van der Waals surface area contributed by atoms with E-state index in [0.717, 1.165) is 32.5 Å². The fourth-order valence-corrected chi connectivity index (χ4v) is 3.86. The molecule has 1 amide bonds. The van der Waals surface area contributed by atoms with Crippen LogP contribution in [0.25, 0.3) is 0 Å². The number of benzene rings is 3. The van der Waals surface area contributed by atoms with Crippen LogP contribution in [0.2, 0.25) is 5.02 Å². The molecule has 0 saturated heterocycles. The van der Waals surface area contributed by atoms with Crippen LogP contribution in [0.3, 0.4) is 0 Å². The number of halogens is 2. The number of amides is 1. The average molecular weight is 504 g/mol. The summed E-state index contributed by atoms with van der Waals surface area (Å²) in [6, 6.07) is 17.3. The van der Waals surface area contributed by atoms with Crippen molar-refractivity contribution in [1.29, 1.82) is 0 Å². The maximum absolute atomic E-state index is 12.3. The SMILES string of the molecule is COc1cc(CNc2ccc(Br)cc2C)cc(Cl)c1OCC(=O)Nc1cccc(C)c1. The first kappa shape index (κ1) is 23.0. The Morgan fingerprint density at radius 3 is 2.61 bits per heavy atom. The molecule has 0 aliphatic carbocycles. The van der Waals surface area contributed by atoms with Gasteiger partial charge in [-0.3, -0.25) is 4.79 Å². The topological polar surface area (TPSA) is 59.6 Å². The predicted octanol–water partition coefficient (Wildman–Crippen LogP) is 6.36. The summed E-state index contributed by atoms with van der Waals surface area (Å²) in [5.74, 6) is 0.535. The molecule has 0 aromatic heterocycles. The van der Waals surface area contributed by atoms with Gasteiger partial charge in [-0.15, -0.1) is 0 Å². The largest absolute Gasteiger partial charge is 0.493 e. The molecule has 3 aromatic carbocycles. The van der Waals surface area contributed by atoms with Crippen LogP contribution in [-0.4, -0.2) is 19.6 Å². The first-order valence-corrected chi connectivity index (χ1v) is 10.9. The van der Waals surface area contributed by atoms with Crippen molar-refractivity contribution in [3.05, 3.63) is 80.8 Å². The molecular weight excluding hydrogens is 480 g/mol. The van der Waals surface area contributed by atoms with Crippen molar-refractivity contribution in [2.75, 3.05) is 24.4 Å². The van der Waals surface area contributed by atoms with Crippen LogP contribution in [-0.2, 0) is 11.3 Å². The van der Waals surface area contributed by atoms with Crippen LogP contribution in [0.1, 0.15) is 16.7 Å². The van der Waals surface area contributed by atoms with Gasteiger partial charge in [0.2, 0.25) is 0 Å². The van der Waals surface area contributed by atoms with Crippen molar-refractivity contribution in [1.82, 2.24) is 0 Å². The third-order valence-electron chi connectivity index (χ3n) is 4.61. The van der Waals surface area contributed by atoms with E-state index in [2.05, 4.69) is 32.6 Å². The molecule has 5 nitrogen and oxygen atoms in total. The Morgan fingerprint density at radius 1 is 1.10 bits per heavy atom. The van der Waals surface area contributed by atoms with Crippen LogP contribution in [0.5, 0.6) is 11.5 Å². The lowest BCUT2D eigenvalue weighted by Gasteiger charge is -2.15. The van der Waals surface area contributed by atoms with Gasteiger partial charge in [0.1, 0.15) is 0 Å². The summed E-state index contributed by atoms with van der Waals surface area (Å²) in [6.07, 6.45) is 0. The van der Waals surface area contributed by atoms with Gasteiger partial charge >= 0.3 is 0 Å². The first-order valence-electron chi connectivity index (χ1n) is 9.71. The lowest BCUT2D eigenvalue weighted by molar-refractivity contribution is -0.118. The average Bonchev–Trinajstić information content (AvgIpc) is 2.72. The molecule has 0 fully saturated rings. The lowest BCUT2D eigenvalue weighted by Crippen LogP contribution is -2.20. The van der Waals surface area contributed by atoms with Crippen molar-refractivity contribution in [3.63, 3.8) is 0 Å². The lowest BCUT2D eigenvalue weighted by atomic mass is 10.1. The van der Waals surface area contributed by atoms with Crippen LogP contribution >= 0.6 is 27.5 Å². The van der Waals surface area contributed by atoms with Gasteiger partial charge < -0.3 is 20.1 Å². The van der Waals surface area contributed by atoms with Crippen molar-refractivity contribution in [3.8, 4) is 11.5 Å². The van der Waals surface area contributed by atoms with E-state index in [9.17, 15) is 4.79 Å². The van der Waals surface area contributed by atoms with Crippen LogP contribution < -0.4 is 20.1 Å². The maximum atomic E-state index is 12.3. The van der Waals surface area contributed by atoms with Gasteiger partial charge in [0.25, 0.3) is 5.91 Å². The Kier molecular flexibility index (Phi) is 7.82. The van der Waals surface area contributed by atoms with Crippen LogP contribution in [0.15, 0.2) is 59.1 Å². The summed E-state index contributed by atoms with van der Waals surface area (Å²) in [5, 5.41) is 6.59. The number of rotatable bonds is 8. The van der Waals surface area contributed by atoms with Gasteiger partial charge in [-0.05, 0) is 73.0 Å². The second-order valence-electron chi connectivity index (χ2n) is 7.13. The zero-order valence-corrected chi connectivity index (χ0v) is 19.9. The number of aryl methyl sites for hydroxylation is 2. The Labute approximate surface area is 195 Å². The van der Waals surface area contributed by atoms with Crippen LogP contribution in [0, 0.1) is 13.8 Å². The zero-order valence-electron chi connectivity index (χ0n) is 17.6. The molecule has 0 aliphatic heterocycles. The highest BCUT2D eigenvalue weighted by molar-refractivity contribution is 9.10. The monoisotopic (exact) mass is 502 g/mol. The molecule has 0 saturated carbocycles. The molecular formula is C24H24BrClN2O3. The van der Waals surface area contributed by atoms with E-state index in [1.54, 1.807) is 13.2 Å². The summed E-state index contributed by atoms with van der Waals surface area (Å²) in [5.41, 5.74) is 4.88. The number of carbonyl (C=O) groups is 1. The van der Waals surface area contributed by atoms with E-state index in [-0.39, 0.29) is 12.5 Å². The Balaban J connectivity index is 1.65. The molecule has 0 unspecified atom stereocenters. The summed E-state index contributed by atoms with van der Waals surface area (Å²) < 4.78 is 12.2. The number of anilines is 2. The smallest absolute Gasteiger partial charge is 0.262 e. The summed E-state index contributed by atoms with van der Waals surface area (Å²) >= 11 is 9.91. The molecule has 3 aromatic rings. The molecule has 0 heterocycles. The Morgan fingerprint density at radius 2 is 1.90 bits per heavy atom. The van der Waals surface area contributed by atoms with Gasteiger partial charge in [0.05, 0.1) is 12.1 Å². The molecule has 31 heavy (non-hydrogen) atoms. The normalized spacial score (nSPS) is 10.5. The molecule has 7 heteroatoms. The van der Waals surface area contributed by atoms with E-state index in [0.29, 0.717) is 23.1 Å². The number of hydrogen-bond donors (Lipinski definition) is 2. The molecule has 0 radical (unpaired) electrons. The standard InChI is InChI=1S/C24H24BrClN2O3/c1-15-5-4-6-19(9-15)28-23(29)14-31-24-20(26)11-17(12-22(24)30-3)13-27-21-8-7-18(25)10-16(21)2/h4-12,27H,13-14H2,1-3H3,(H,28,29). The first-order chi connectivity index (χ1) is 14.9. The van der Waals surface area contributed by atoms with Gasteiger partial charge in [-0.1, -0.05) is 39.7 Å².